The quantitative estimate of drug-likeness (QED) is 0.296. The molecule has 1 rings (SSSR count). The molecule has 1 aromatic rings. The lowest BCUT2D eigenvalue weighted by Crippen LogP contribution is -2.74. The van der Waals surface area contributed by atoms with Gasteiger partial charge in [-0.1, -0.05) is 6.07 Å². The molecule has 0 aliphatic carbocycles. The molecule has 0 radical (unpaired) electrons. The van der Waals surface area contributed by atoms with Gasteiger partial charge >= 0.3 is 47.6 Å². The fraction of sp³-hybridized carbons (Fsp3) is 0.533. The number of benzene rings is 1. The molecular weight excluding hydrogens is 535 g/mol. The number of carbonyl (C=O) groups is 1. The van der Waals surface area contributed by atoms with Crippen molar-refractivity contribution in [2.75, 3.05) is 0 Å². The molecule has 0 aromatic heterocycles. The van der Waals surface area contributed by atoms with E-state index in [2.05, 4.69) is 0 Å². The number of phenols is 1. The summed E-state index contributed by atoms with van der Waals surface area (Å²) in [7, 11) is 0. The first-order chi connectivity index (χ1) is 14.7. The molecule has 19 heteroatoms. The molecule has 1 aromatic carbocycles. The number of hydrogen-bond donors (Lipinski definition) is 1. The molecular formula is C15H5F17O2. The second-order valence-corrected chi connectivity index (χ2v) is 6.38. The lowest BCUT2D eigenvalue weighted by molar-refractivity contribution is -0.462. The summed E-state index contributed by atoms with van der Waals surface area (Å²) < 4.78 is 225. The van der Waals surface area contributed by atoms with Gasteiger partial charge in [-0.3, -0.25) is 4.79 Å². The maximum absolute atomic E-state index is 14.0. The molecule has 0 heterocycles. The van der Waals surface area contributed by atoms with E-state index in [0.717, 1.165) is 0 Å². The zero-order valence-electron chi connectivity index (χ0n) is 15.1. The van der Waals surface area contributed by atoms with E-state index in [4.69, 9.17) is 0 Å². The van der Waals surface area contributed by atoms with Crippen LogP contribution in [0.25, 0.3) is 0 Å². The van der Waals surface area contributed by atoms with Crippen molar-refractivity contribution in [3.8, 4) is 5.75 Å². The Hall–Kier alpha value is -2.50. The van der Waals surface area contributed by atoms with Crippen molar-refractivity contribution in [3.05, 3.63) is 29.3 Å². The number of phenolic OH excluding ortho intramolecular Hbond substituents is 1. The molecule has 0 spiro atoms. The van der Waals surface area contributed by atoms with Crippen molar-refractivity contribution in [1.29, 1.82) is 0 Å². The van der Waals surface area contributed by atoms with Gasteiger partial charge in [0, 0.05) is 0 Å². The zero-order valence-corrected chi connectivity index (χ0v) is 15.1. The van der Waals surface area contributed by atoms with Gasteiger partial charge in [0.1, 0.15) is 5.75 Å². The minimum absolute atomic E-state index is 0.145. The fourth-order valence-electron chi connectivity index (χ4n) is 2.24. The lowest BCUT2D eigenvalue weighted by atomic mass is 9.86. The van der Waals surface area contributed by atoms with Crippen molar-refractivity contribution in [2.45, 2.75) is 47.6 Å². The first kappa shape index (κ1) is 29.5. The van der Waals surface area contributed by atoms with Crippen LogP contribution in [0.3, 0.4) is 0 Å². The number of carbonyl (C=O) groups excluding carboxylic acids is 1. The molecule has 2 nitrogen and oxygen atoms in total. The summed E-state index contributed by atoms with van der Waals surface area (Å²) in [6.45, 7) is 0. The SMILES string of the molecule is O=Cc1cccc(C(F)(F)C(F)(F)C(F)(F)C(F)(F)C(F)(F)C(F)(F)C(F)(F)C(F)(F)F)c1O. The molecule has 0 aliphatic heterocycles. The Bertz CT molecular complexity index is 931. The average molecular weight is 540 g/mol. The van der Waals surface area contributed by atoms with Crippen LogP contribution in [0.1, 0.15) is 15.9 Å². The molecule has 34 heavy (non-hydrogen) atoms. The molecule has 1 N–H and O–H groups in total. The van der Waals surface area contributed by atoms with Crippen LogP contribution in [0.5, 0.6) is 5.75 Å². The average Bonchev–Trinajstić information content (AvgIpc) is 2.66. The highest BCUT2D eigenvalue weighted by molar-refractivity contribution is 5.80. The van der Waals surface area contributed by atoms with Gasteiger partial charge in [-0.15, -0.1) is 0 Å². The molecule has 0 fully saturated rings. The van der Waals surface area contributed by atoms with E-state index < -0.39 is 76.9 Å². The summed E-state index contributed by atoms with van der Waals surface area (Å²) in [5.74, 6) is -60.0. The highest BCUT2D eigenvalue weighted by Crippen LogP contribution is 2.65. The summed E-state index contributed by atoms with van der Waals surface area (Å²) >= 11 is 0. The standard InChI is InChI=1S/C15H5F17O2/c16-8(17,6-3-1-2-5(4-33)7(6)34)9(18,19)10(20,21)11(22,23)12(24,25)13(26,27)14(28,29)15(30,31)32/h1-4,34H. The predicted molar refractivity (Wildman–Crippen MR) is 73.1 cm³/mol. The number of hydrogen-bond acceptors (Lipinski definition) is 2. The summed E-state index contributed by atoms with van der Waals surface area (Å²) in [6.07, 6.45) is -8.41. The lowest BCUT2D eigenvalue weighted by Gasteiger charge is -2.42. The Morgan fingerprint density at radius 3 is 1.26 bits per heavy atom. The van der Waals surface area contributed by atoms with Gasteiger partial charge in [-0.2, -0.15) is 74.6 Å². The van der Waals surface area contributed by atoms with Gasteiger partial charge in [0.05, 0.1) is 11.1 Å². The van der Waals surface area contributed by atoms with Gasteiger partial charge < -0.3 is 5.11 Å². The van der Waals surface area contributed by atoms with Crippen LogP contribution >= 0.6 is 0 Å². The van der Waals surface area contributed by atoms with Crippen LogP contribution in [0, 0.1) is 0 Å². The highest BCUT2D eigenvalue weighted by Gasteiger charge is 2.95. The van der Waals surface area contributed by atoms with Crippen LogP contribution in [-0.2, 0) is 5.92 Å². The zero-order chi connectivity index (χ0) is 27.6. The Kier molecular flexibility index (Phi) is 6.74. The summed E-state index contributed by atoms with van der Waals surface area (Å²) in [5, 5.41) is 9.27. The van der Waals surface area contributed by atoms with Gasteiger partial charge in [0.15, 0.2) is 6.29 Å². The van der Waals surface area contributed by atoms with Crippen LogP contribution in [0.15, 0.2) is 18.2 Å². The van der Waals surface area contributed by atoms with Crippen LogP contribution in [-0.4, -0.2) is 53.1 Å². The topological polar surface area (TPSA) is 37.3 Å². The predicted octanol–water partition coefficient (Wildman–Crippen LogP) is 6.67. The number of aromatic hydroxyl groups is 1. The maximum atomic E-state index is 14.0. The first-order valence-corrected chi connectivity index (χ1v) is 7.70. The molecule has 0 aliphatic rings. The maximum Gasteiger partial charge on any atom is 0.460 e. The normalized spacial score (nSPS) is 15.4. The monoisotopic (exact) mass is 540 g/mol. The highest BCUT2D eigenvalue weighted by atomic mass is 19.4. The Morgan fingerprint density at radius 1 is 0.559 bits per heavy atom. The second kappa shape index (κ2) is 7.76. The third kappa shape index (κ3) is 3.52. The van der Waals surface area contributed by atoms with Crippen molar-refractivity contribution < 1.29 is 84.5 Å². The molecule has 0 saturated carbocycles. The number of halogens is 17. The fourth-order valence-corrected chi connectivity index (χ4v) is 2.24. The Balaban J connectivity index is 3.81. The van der Waals surface area contributed by atoms with Gasteiger partial charge in [0.2, 0.25) is 0 Å². The molecule has 0 saturated heterocycles. The molecule has 0 bridgehead atoms. The summed E-state index contributed by atoms with van der Waals surface area (Å²) in [4.78, 5) is 10.5. The van der Waals surface area contributed by atoms with E-state index in [9.17, 15) is 84.5 Å². The minimum Gasteiger partial charge on any atom is -0.507 e. The third-order valence-corrected chi connectivity index (χ3v) is 4.25. The van der Waals surface area contributed by atoms with Crippen LogP contribution in [0.2, 0.25) is 0 Å². The molecule has 0 atom stereocenters. The van der Waals surface area contributed by atoms with Crippen LogP contribution < -0.4 is 0 Å². The Labute approximate surface area is 174 Å². The van der Waals surface area contributed by atoms with E-state index in [0.29, 0.717) is 6.07 Å². The summed E-state index contributed by atoms with van der Waals surface area (Å²) in [5.41, 5.74) is -4.21. The number of rotatable bonds is 8. The Morgan fingerprint density at radius 2 is 0.912 bits per heavy atom. The van der Waals surface area contributed by atoms with Crippen LogP contribution in [0.4, 0.5) is 74.6 Å². The van der Waals surface area contributed by atoms with Crippen molar-refractivity contribution in [3.63, 3.8) is 0 Å². The van der Waals surface area contributed by atoms with E-state index in [1.807, 2.05) is 0 Å². The van der Waals surface area contributed by atoms with Gasteiger partial charge in [-0.25, -0.2) is 0 Å². The first-order valence-electron chi connectivity index (χ1n) is 7.70. The largest absolute Gasteiger partial charge is 0.507 e. The van der Waals surface area contributed by atoms with Gasteiger partial charge in [0.25, 0.3) is 0 Å². The minimum atomic E-state index is -8.74. The smallest absolute Gasteiger partial charge is 0.460 e. The van der Waals surface area contributed by atoms with E-state index in [1.54, 1.807) is 0 Å². The van der Waals surface area contributed by atoms with Gasteiger partial charge in [-0.05, 0) is 12.1 Å². The van der Waals surface area contributed by atoms with Crippen molar-refractivity contribution in [1.82, 2.24) is 0 Å². The summed E-state index contributed by atoms with van der Waals surface area (Å²) in [6, 6.07) is 0.0709. The number of aldehydes is 1. The van der Waals surface area contributed by atoms with E-state index in [1.165, 1.54) is 0 Å². The van der Waals surface area contributed by atoms with E-state index >= 15 is 0 Å². The second-order valence-electron chi connectivity index (χ2n) is 6.38. The van der Waals surface area contributed by atoms with Crippen molar-refractivity contribution in [2.24, 2.45) is 0 Å². The molecule has 0 amide bonds. The third-order valence-electron chi connectivity index (χ3n) is 4.25. The van der Waals surface area contributed by atoms with E-state index in [-0.39, 0.29) is 6.07 Å². The number of para-hydroxylation sites is 1. The molecule has 0 unspecified atom stereocenters. The molecule has 196 valence electrons. The number of alkyl halides is 17. The van der Waals surface area contributed by atoms with Crippen molar-refractivity contribution >= 4 is 6.29 Å².